The molecule has 4 nitrogen and oxygen atoms in total. The number of aryl methyl sites for hydroxylation is 1. The van der Waals surface area contributed by atoms with Crippen molar-refractivity contribution in [2.24, 2.45) is 0 Å². The van der Waals surface area contributed by atoms with E-state index in [2.05, 4.69) is 12.0 Å². The Kier molecular flexibility index (Phi) is 3.27. The van der Waals surface area contributed by atoms with Crippen LogP contribution in [0, 0.1) is 0 Å². The molecule has 0 aliphatic carbocycles. The van der Waals surface area contributed by atoms with Gasteiger partial charge < -0.3 is 4.90 Å². The SMILES string of the molecule is CCn1ccc(C(=O)N2CCCC[C@@H]2C)n1. The smallest absolute Gasteiger partial charge is 0.274 e. The molecule has 1 atom stereocenters. The van der Waals surface area contributed by atoms with E-state index in [1.165, 1.54) is 6.42 Å². The van der Waals surface area contributed by atoms with Crippen molar-refractivity contribution in [2.45, 2.75) is 45.7 Å². The number of hydrogen-bond acceptors (Lipinski definition) is 2. The third-order valence-electron chi connectivity index (χ3n) is 3.25. The summed E-state index contributed by atoms with van der Waals surface area (Å²) in [6.45, 7) is 5.82. The Hall–Kier alpha value is -1.32. The fourth-order valence-corrected chi connectivity index (χ4v) is 2.20. The summed E-state index contributed by atoms with van der Waals surface area (Å²) in [6, 6.07) is 2.17. The Morgan fingerprint density at radius 2 is 2.38 bits per heavy atom. The van der Waals surface area contributed by atoms with Crippen molar-refractivity contribution >= 4 is 5.91 Å². The van der Waals surface area contributed by atoms with E-state index in [0.29, 0.717) is 11.7 Å². The van der Waals surface area contributed by atoms with Gasteiger partial charge in [-0.25, -0.2) is 0 Å². The van der Waals surface area contributed by atoms with Crippen LogP contribution in [0.25, 0.3) is 0 Å². The maximum Gasteiger partial charge on any atom is 0.274 e. The lowest BCUT2D eigenvalue weighted by Gasteiger charge is -2.32. The highest BCUT2D eigenvalue weighted by molar-refractivity contribution is 5.92. The molecule has 2 heterocycles. The molecule has 88 valence electrons. The molecule has 1 aromatic heterocycles. The third-order valence-corrected chi connectivity index (χ3v) is 3.25. The van der Waals surface area contributed by atoms with Crippen LogP contribution in [0.5, 0.6) is 0 Å². The van der Waals surface area contributed by atoms with Crippen LogP contribution in [0.2, 0.25) is 0 Å². The Bertz CT molecular complexity index is 372. The molecule has 1 amide bonds. The molecule has 0 bridgehead atoms. The van der Waals surface area contributed by atoms with Gasteiger partial charge in [-0.1, -0.05) is 0 Å². The first-order chi connectivity index (χ1) is 7.72. The van der Waals surface area contributed by atoms with Gasteiger partial charge >= 0.3 is 0 Å². The minimum atomic E-state index is 0.0828. The molecule has 16 heavy (non-hydrogen) atoms. The molecular weight excluding hydrogens is 202 g/mol. The van der Waals surface area contributed by atoms with Gasteiger partial charge in [0.15, 0.2) is 0 Å². The summed E-state index contributed by atoms with van der Waals surface area (Å²) in [7, 11) is 0. The number of nitrogens with zero attached hydrogens (tertiary/aromatic N) is 3. The standard InChI is InChI=1S/C12H19N3O/c1-3-14-9-7-11(13-14)12(16)15-8-5-4-6-10(15)2/h7,9-10H,3-6,8H2,1-2H3/t10-/m0/s1. The van der Waals surface area contributed by atoms with Crippen LogP contribution in [-0.2, 0) is 6.54 Å². The highest BCUT2D eigenvalue weighted by Crippen LogP contribution is 2.18. The predicted molar refractivity (Wildman–Crippen MR) is 62.3 cm³/mol. The zero-order valence-electron chi connectivity index (χ0n) is 10.0. The van der Waals surface area contributed by atoms with E-state index in [0.717, 1.165) is 25.9 Å². The molecule has 0 spiro atoms. The quantitative estimate of drug-likeness (QED) is 0.765. The number of carbonyl (C=O) groups is 1. The maximum absolute atomic E-state index is 12.2. The van der Waals surface area contributed by atoms with Crippen LogP contribution < -0.4 is 0 Å². The van der Waals surface area contributed by atoms with Crippen molar-refractivity contribution < 1.29 is 4.79 Å². The zero-order valence-corrected chi connectivity index (χ0v) is 10.0. The van der Waals surface area contributed by atoms with Gasteiger partial charge in [0.05, 0.1) is 0 Å². The summed E-state index contributed by atoms with van der Waals surface area (Å²) in [6.07, 6.45) is 5.32. The topological polar surface area (TPSA) is 38.1 Å². The molecule has 0 aromatic carbocycles. The minimum Gasteiger partial charge on any atom is -0.335 e. The number of rotatable bonds is 2. The van der Waals surface area contributed by atoms with Crippen LogP contribution in [0.15, 0.2) is 12.3 Å². The lowest BCUT2D eigenvalue weighted by atomic mass is 10.0. The first-order valence-corrected chi connectivity index (χ1v) is 6.06. The third kappa shape index (κ3) is 2.10. The number of aromatic nitrogens is 2. The molecule has 1 aliphatic heterocycles. The molecule has 0 saturated carbocycles. The van der Waals surface area contributed by atoms with Crippen molar-refractivity contribution in [1.29, 1.82) is 0 Å². The average molecular weight is 221 g/mol. The lowest BCUT2D eigenvalue weighted by Crippen LogP contribution is -2.42. The van der Waals surface area contributed by atoms with Gasteiger partial charge in [0, 0.05) is 25.3 Å². The monoisotopic (exact) mass is 221 g/mol. The molecule has 1 aliphatic rings. The van der Waals surface area contributed by atoms with Crippen LogP contribution >= 0.6 is 0 Å². The molecule has 0 radical (unpaired) electrons. The van der Waals surface area contributed by atoms with Crippen molar-refractivity contribution in [3.63, 3.8) is 0 Å². The van der Waals surface area contributed by atoms with E-state index < -0.39 is 0 Å². The van der Waals surface area contributed by atoms with E-state index in [4.69, 9.17) is 0 Å². The highest BCUT2D eigenvalue weighted by atomic mass is 16.2. The summed E-state index contributed by atoms with van der Waals surface area (Å²) >= 11 is 0. The van der Waals surface area contributed by atoms with Gasteiger partial charge in [-0.05, 0) is 39.2 Å². The second kappa shape index (κ2) is 4.68. The summed E-state index contributed by atoms with van der Waals surface area (Å²) in [5.41, 5.74) is 0.579. The van der Waals surface area contributed by atoms with Gasteiger partial charge in [0.2, 0.25) is 0 Å². The van der Waals surface area contributed by atoms with E-state index in [1.54, 1.807) is 4.68 Å². The number of amides is 1. The van der Waals surface area contributed by atoms with Crippen LogP contribution in [0.3, 0.4) is 0 Å². The zero-order chi connectivity index (χ0) is 11.5. The Morgan fingerprint density at radius 3 is 3.00 bits per heavy atom. The summed E-state index contributed by atoms with van der Waals surface area (Å²) in [5, 5.41) is 4.26. The molecule has 1 aromatic rings. The van der Waals surface area contributed by atoms with Crippen molar-refractivity contribution in [3.05, 3.63) is 18.0 Å². The molecule has 0 N–H and O–H groups in total. The molecule has 4 heteroatoms. The molecule has 2 rings (SSSR count). The van der Waals surface area contributed by atoms with Crippen LogP contribution in [0.1, 0.15) is 43.6 Å². The first-order valence-electron chi connectivity index (χ1n) is 6.06. The normalized spacial score (nSPS) is 21.1. The molecular formula is C12H19N3O. The first kappa shape index (κ1) is 11.2. The Balaban J connectivity index is 2.11. The number of likely N-dealkylation sites (tertiary alicyclic amines) is 1. The van der Waals surface area contributed by atoms with Crippen molar-refractivity contribution in [3.8, 4) is 0 Å². The minimum absolute atomic E-state index is 0.0828. The number of hydrogen-bond donors (Lipinski definition) is 0. The van der Waals surface area contributed by atoms with E-state index in [-0.39, 0.29) is 5.91 Å². The summed E-state index contributed by atoms with van der Waals surface area (Å²) in [4.78, 5) is 14.1. The Morgan fingerprint density at radius 1 is 1.56 bits per heavy atom. The number of carbonyl (C=O) groups excluding carboxylic acids is 1. The van der Waals surface area contributed by atoms with Gasteiger partial charge in [0.25, 0.3) is 5.91 Å². The van der Waals surface area contributed by atoms with E-state index >= 15 is 0 Å². The largest absolute Gasteiger partial charge is 0.335 e. The van der Waals surface area contributed by atoms with Gasteiger partial charge in [-0.2, -0.15) is 5.10 Å². The maximum atomic E-state index is 12.2. The second-order valence-electron chi connectivity index (χ2n) is 4.40. The highest BCUT2D eigenvalue weighted by Gasteiger charge is 2.25. The Labute approximate surface area is 96.2 Å². The summed E-state index contributed by atoms with van der Waals surface area (Å²) < 4.78 is 1.79. The lowest BCUT2D eigenvalue weighted by molar-refractivity contribution is 0.0628. The van der Waals surface area contributed by atoms with Gasteiger partial charge in [-0.3, -0.25) is 9.48 Å². The molecule has 1 saturated heterocycles. The van der Waals surface area contributed by atoms with Gasteiger partial charge in [-0.15, -0.1) is 0 Å². The fourth-order valence-electron chi connectivity index (χ4n) is 2.20. The van der Waals surface area contributed by atoms with Gasteiger partial charge in [0.1, 0.15) is 5.69 Å². The molecule has 0 unspecified atom stereocenters. The molecule has 1 fully saturated rings. The second-order valence-corrected chi connectivity index (χ2v) is 4.40. The average Bonchev–Trinajstić information content (AvgIpc) is 2.77. The number of piperidine rings is 1. The van der Waals surface area contributed by atoms with Crippen molar-refractivity contribution in [2.75, 3.05) is 6.54 Å². The van der Waals surface area contributed by atoms with Crippen molar-refractivity contribution in [1.82, 2.24) is 14.7 Å². The summed E-state index contributed by atoms with van der Waals surface area (Å²) in [5.74, 6) is 0.0828. The van der Waals surface area contributed by atoms with Crippen LogP contribution in [0.4, 0.5) is 0 Å². The van der Waals surface area contributed by atoms with E-state index in [1.807, 2.05) is 24.1 Å². The predicted octanol–water partition coefficient (Wildman–Crippen LogP) is 1.92. The van der Waals surface area contributed by atoms with E-state index in [9.17, 15) is 4.79 Å². The van der Waals surface area contributed by atoms with Crippen LogP contribution in [-0.4, -0.2) is 33.2 Å². The fraction of sp³-hybridized carbons (Fsp3) is 0.667.